The van der Waals surface area contributed by atoms with Crippen LogP contribution in [0.15, 0.2) is 48.7 Å². The number of hydrogen-bond acceptors (Lipinski definition) is 6. The second-order valence-electron chi connectivity index (χ2n) is 10.6. The van der Waals surface area contributed by atoms with Gasteiger partial charge in [-0.15, -0.1) is 0 Å². The molecular formula is C30H37N3O3. The molecule has 1 saturated heterocycles. The van der Waals surface area contributed by atoms with Gasteiger partial charge in [0.25, 0.3) is 0 Å². The van der Waals surface area contributed by atoms with E-state index in [0.717, 1.165) is 49.2 Å². The Balaban J connectivity index is 1.56. The first kappa shape index (κ1) is 25.9. The maximum absolute atomic E-state index is 10.1. The van der Waals surface area contributed by atoms with Crippen molar-refractivity contribution in [1.82, 2.24) is 4.98 Å². The van der Waals surface area contributed by atoms with Crippen molar-refractivity contribution in [2.75, 3.05) is 37.8 Å². The average molecular weight is 488 g/mol. The zero-order chi connectivity index (χ0) is 25.8. The number of ether oxygens (including phenoxy) is 3. The van der Waals surface area contributed by atoms with Crippen LogP contribution in [-0.4, -0.2) is 49.1 Å². The fourth-order valence-electron chi connectivity index (χ4n) is 4.28. The summed E-state index contributed by atoms with van der Waals surface area (Å²) in [6.45, 7) is 14.2. The van der Waals surface area contributed by atoms with Crippen LogP contribution in [0.3, 0.4) is 0 Å². The maximum atomic E-state index is 10.1. The Morgan fingerprint density at radius 1 is 1.00 bits per heavy atom. The van der Waals surface area contributed by atoms with Crippen molar-refractivity contribution in [3.8, 4) is 23.1 Å². The van der Waals surface area contributed by atoms with E-state index in [9.17, 15) is 5.26 Å². The van der Waals surface area contributed by atoms with E-state index >= 15 is 0 Å². The highest BCUT2D eigenvalue weighted by Crippen LogP contribution is 2.34. The first-order valence-electron chi connectivity index (χ1n) is 12.8. The second kappa shape index (κ2) is 10.9. The highest BCUT2D eigenvalue weighted by Gasteiger charge is 2.25. The number of anilines is 1. The van der Waals surface area contributed by atoms with Crippen molar-refractivity contribution in [1.29, 1.82) is 5.26 Å². The van der Waals surface area contributed by atoms with Crippen molar-refractivity contribution in [2.45, 2.75) is 58.7 Å². The van der Waals surface area contributed by atoms with Gasteiger partial charge in [0.15, 0.2) is 0 Å². The Morgan fingerprint density at radius 3 is 2.44 bits per heavy atom. The monoisotopic (exact) mass is 487 g/mol. The molecule has 0 atom stereocenters. The summed E-state index contributed by atoms with van der Waals surface area (Å²) in [5.74, 6) is 0.359. The molecular weight excluding hydrogens is 450 g/mol. The molecule has 0 aliphatic carbocycles. The highest BCUT2D eigenvalue weighted by molar-refractivity contribution is 5.90. The van der Waals surface area contributed by atoms with Crippen LogP contribution in [0.25, 0.3) is 21.9 Å². The van der Waals surface area contributed by atoms with Crippen LogP contribution >= 0.6 is 0 Å². The predicted octanol–water partition coefficient (Wildman–Crippen LogP) is 6.36. The van der Waals surface area contributed by atoms with Crippen molar-refractivity contribution in [3.05, 3.63) is 54.2 Å². The molecule has 0 saturated carbocycles. The Bertz CT molecular complexity index is 1240. The molecule has 0 spiro atoms. The Kier molecular flexibility index (Phi) is 7.82. The Hall–Kier alpha value is -3.14. The number of rotatable bonds is 9. The fraction of sp³-hybridized carbons (Fsp3) is 0.467. The highest BCUT2D eigenvalue weighted by atomic mass is 16.5. The van der Waals surface area contributed by atoms with E-state index in [-0.39, 0.29) is 5.60 Å². The molecule has 2 aromatic carbocycles. The van der Waals surface area contributed by atoms with Gasteiger partial charge in [0.2, 0.25) is 5.88 Å². The van der Waals surface area contributed by atoms with Gasteiger partial charge in [-0.2, -0.15) is 5.26 Å². The molecule has 6 nitrogen and oxygen atoms in total. The normalized spacial score (nSPS) is 14.6. The molecule has 0 amide bonds. The van der Waals surface area contributed by atoms with Gasteiger partial charge in [0, 0.05) is 37.0 Å². The lowest BCUT2D eigenvalue weighted by atomic mass is 9.98. The van der Waals surface area contributed by atoms with Crippen LogP contribution in [0, 0.1) is 11.3 Å². The first-order valence-corrected chi connectivity index (χ1v) is 12.8. The first-order chi connectivity index (χ1) is 17.2. The third-order valence-corrected chi connectivity index (χ3v) is 6.96. The van der Waals surface area contributed by atoms with Crippen molar-refractivity contribution in [2.24, 2.45) is 0 Å². The van der Waals surface area contributed by atoms with Crippen molar-refractivity contribution < 1.29 is 14.2 Å². The van der Waals surface area contributed by atoms with Crippen LogP contribution in [0.5, 0.6) is 5.88 Å². The zero-order valence-corrected chi connectivity index (χ0v) is 22.1. The van der Waals surface area contributed by atoms with Gasteiger partial charge in [-0.3, -0.25) is 0 Å². The van der Waals surface area contributed by atoms with E-state index in [1.165, 1.54) is 11.1 Å². The van der Waals surface area contributed by atoms with Gasteiger partial charge in [0.1, 0.15) is 17.2 Å². The molecule has 1 aromatic heterocycles. The van der Waals surface area contributed by atoms with Gasteiger partial charge in [-0.1, -0.05) is 25.1 Å². The number of nitrogens with zero attached hydrogens (tertiary/aromatic N) is 3. The standard InChI is InChI=1S/C30H37N3O3/c1-6-29(2,3)35-16-12-30(4,5)36-28-27(21-31)26(11-13-32-28)24-8-7-23-20-25(10-9-22(23)19-24)33-14-17-34-18-15-33/h7-11,13,19-20H,6,12,14-18H2,1-5H3. The van der Waals surface area contributed by atoms with E-state index < -0.39 is 5.60 Å². The summed E-state index contributed by atoms with van der Waals surface area (Å²) in [7, 11) is 0. The summed E-state index contributed by atoms with van der Waals surface area (Å²) >= 11 is 0. The van der Waals surface area contributed by atoms with Gasteiger partial charge >= 0.3 is 0 Å². The number of fused-ring (bicyclic) bond motifs is 1. The predicted molar refractivity (Wildman–Crippen MR) is 145 cm³/mol. The van der Waals surface area contributed by atoms with Gasteiger partial charge in [0.05, 0.1) is 25.4 Å². The number of benzene rings is 2. The van der Waals surface area contributed by atoms with Gasteiger partial charge in [-0.05, 0) is 74.7 Å². The molecule has 36 heavy (non-hydrogen) atoms. The number of aromatic nitrogens is 1. The van der Waals surface area contributed by atoms with Crippen LogP contribution in [-0.2, 0) is 9.47 Å². The van der Waals surface area contributed by atoms with Crippen LogP contribution in [0.1, 0.15) is 53.0 Å². The molecule has 3 aromatic rings. The van der Waals surface area contributed by atoms with E-state index in [2.05, 4.69) is 73.1 Å². The minimum atomic E-state index is -0.527. The lowest BCUT2D eigenvalue weighted by Crippen LogP contribution is -2.36. The number of hydrogen-bond donors (Lipinski definition) is 0. The third kappa shape index (κ3) is 6.16. The minimum absolute atomic E-state index is 0.162. The zero-order valence-electron chi connectivity index (χ0n) is 22.1. The molecule has 1 fully saturated rings. The van der Waals surface area contributed by atoms with Crippen molar-refractivity contribution in [3.63, 3.8) is 0 Å². The molecule has 0 unspecified atom stereocenters. The molecule has 1 aliphatic rings. The summed E-state index contributed by atoms with van der Waals surface area (Å²) < 4.78 is 17.8. The topological polar surface area (TPSA) is 67.6 Å². The number of pyridine rings is 1. The SMILES string of the molecule is CCC(C)(C)OCCC(C)(C)Oc1nccc(-c2ccc3cc(N4CCOCC4)ccc3c2)c1C#N. The van der Waals surface area contributed by atoms with E-state index in [4.69, 9.17) is 14.2 Å². The molecule has 0 radical (unpaired) electrons. The Labute approximate surface area is 214 Å². The Morgan fingerprint density at radius 2 is 1.72 bits per heavy atom. The maximum Gasteiger partial charge on any atom is 0.232 e. The van der Waals surface area contributed by atoms with E-state index in [0.29, 0.717) is 24.5 Å². The summed E-state index contributed by atoms with van der Waals surface area (Å²) in [6, 6.07) is 17.1. The largest absolute Gasteiger partial charge is 0.471 e. The minimum Gasteiger partial charge on any atom is -0.471 e. The number of nitriles is 1. The van der Waals surface area contributed by atoms with Crippen LogP contribution < -0.4 is 9.64 Å². The summed E-state index contributed by atoms with van der Waals surface area (Å²) in [6.07, 6.45) is 3.34. The lowest BCUT2D eigenvalue weighted by molar-refractivity contribution is -0.0429. The molecule has 1 aliphatic heterocycles. The van der Waals surface area contributed by atoms with Crippen molar-refractivity contribution >= 4 is 16.5 Å². The van der Waals surface area contributed by atoms with E-state index in [1.54, 1.807) is 6.20 Å². The fourth-order valence-corrected chi connectivity index (χ4v) is 4.28. The van der Waals surface area contributed by atoms with Crippen LogP contribution in [0.2, 0.25) is 0 Å². The summed E-state index contributed by atoms with van der Waals surface area (Å²) in [4.78, 5) is 6.77. The molecule has 2 heterocycles. The molecule has 6 heteroatoms. The quantitative estimate of drug-likeness (QED) is 0.350. The average Bonchev–Trinajstić information content (AvgIpc) is 2.88. The lowest BCUT2D eigenvalue weighted by Gasteiger charge is -2.29. The second-order valence-corrected chi connectivity index (χ2v) is 10.6. The molecule has 0 bridgehead atoms. The molecule has 0 N–H and O–H groups in total. The number of morpholine rings is 1. The van der Waals surface area contributed by atoms with E-state index in [1.807, 2.05) is 19.9 Å². The van der Waals surface area contributed by atoms with Crippen LogP contribution in [0.4, 0.5) is 5.69 Å². The van der Waals surface area contributed by atoms with Gasteiger partial charge in [-0.25, -0.2) is 4.98 Å². The molecule has 190 valence electrons. The molecule has 4 rings (SSSR count). The van der Waals surface area contributed by atoms with Gasteiger partial charge < -0.3 is 19.1 Å². The smallest absolute Gasteiger partial charge is 0.232 e. The summed E-state index contributed by atoms with van der Waals surface area (Å²) in [5.41, 5.74) is 2.76. The summed E-state index contributed by atoms with van der Waals surface area (Å²) in [5, 5.41) is 12.4. The third-order valence-electron chi connectivity index (χ3n) is 6.96.